The third-order valence-electron chi connectivity index (χ3n) is 5.10. The number of amides is 1. The van der Waals surface area contributed by atoms with Crippen LogP contribution in [-0.4, -0.2) is 28.5 Å². The van der Waals surface area contributed by atoms with Gasteiger partial charge in [-0.25, -0.2) is 4.79 Å². The molecule has 0 spiro atoms. The number of aromatic carboxylic acids is 1. The fourth-order valence-corrected chi connectivity index (χ4v) is 4.53. The van der Waals surface area contributed by atoms with Gasteiger partial charge in [-0.1, -0.05) is 47.5 Å². The molecule has 0 radical (unpaired) electrons. The average molecular weight is 510 g/mol. The van der Waals surface area contributed by atoms with Gasteiger partial charge in [-0.15, -0.1) is 11.8 Å². The first-order valence-corrected chi connectivity index (χ1v) is 11.8. The maximum absolute atomic E-state index is 12.9. The molecule has 0 aliphatic carbocycles. The first-order chi connectivity index (χ1) is 16.3. The lowest BCUT2D eigenvalue weighted by molar-refractivity contribution is 0.0698. The van der Waals surface area contributed by atoms with Gasteiger partial charge in [0.05, 0.1) is 21.4 Å². The molecule has 4 aromatic rings. The molecule has 0 aliphatic rings. The monoisotopic (exact) mass is 509 g/mol. The molecule has 4 aromatic carbocycles. The Morgan fingerprint density at radius 2 is 1.50 bits per heavy atom. The highest BCUT2D eigenvalue weighted by molar-refractivity contribution is 8.00. The van der Waals surface area contributed by atoms with Crippen LogP contribution in [0.5, 0.6) is 0 Å². The number of carbonyl (C=O) groups excluding carboxylic acids is 2. The SMILES string of the molecule is O=C(CSc1ccc(NC(=O)c2cccc3cccc(C(=O)O)c23)cc1)c1ccc(Cl)c(Cl)c1. The van der Waals surface area contributed by atoms with Crippen LogP contribution in [0.2, 0.25) is 10.0 Å². The minimum atomic E-state index is -1.09. The third kappa shape index (κ3) is 5.25. The topological polar surface area (TPSA) is 83.5 Å². The van der Waals surface area contributed by atoms with E-state index in [4.69, 9.17) is 23.2 Å². The minimum absolute atomic E-state index is 0.0710. The van der Waals surface area contributed by atoms with Crippen molar-refractivity contribution in [3.63, 3.8) is 0 Å². The summed E-state index contributed by atoms with van der Waals surface area (Å²) in [4.78, 5) is 37.8. The van der Waals surface area contributed by atoms with Crippen molar-refractivity contribution in [2.45, 2.75) is 4.90 Å². The Labute approximate surface area is 209 Å². The number of nitrogens with one attached hydrogen (secondary N) is 1. The summed E-state index contributed by atoms with van der Waals surface area (Å²) in [5.41, 5.74) is 1.39. The third-order valence-corrected chi connectivity index (χ3v) is 6.85. The summed E-state index contributed by atoms with van der Waals surface area (Å²) >= 11 is 13.2. The highest BCUT2D eigenvalue weighted by Gasteiger charge is 2.17. The van der Waals surface area contributed by atoms with Crippen molar-refractivity contribution >= 4 is 69.1 Å². The van der Waals surface area contributed by atoms with E-state index < -0.39 is 11.9 Å². The van der Waals surface area contributed by atoms with E-state index in [2.05, 4.69) is 5.32 Å². The second-order valence-electron chi connectivity index (χ2n) is 7.33. The summed E-state index contributed by atoms with van der Waals surface area (Å²) in [6.45, 7) is 0. The van der Waals surface area contributed by atoms with Crippen LogP contribution in [0, 0.1) is 0 Å². The Balaban J connectivity index is 1.45. The Morgan fingerprint density at radius 3 is 2.15 bits per heavy atom. The Bertz CT molecular complexity index is 1420. The molecule has 34 heavy (non-hydrogen) atoms. The molecule has 0 aliphatic heterocycles. The number of thioether (sulfide) groups is 1. The first-order valence-electron chi connectivity index (χ1n) is 10.1. The van der Waals surface area contributed by atoms with E-state index in [0.717, 1.165) is 4.90 Å². The van der Waals surface area contributed by atoms with Gasteiger partial charge in [0, 0.05) is 27.1 Å². The van der Waals surface area contributed by atoms with Gasteiger partial charge >= 0.3 is 5.97 Å². The molecule has 0 bridgehead atoms. The molecule has 4 rings (SSSR count). The molecule has 1 amide bonds. The van der Waals surface area contributed by atoms with Gasteiger partial charge in [0.1, 0.15) is 0 Å². The predicted octanol–water partition coefficient (Wildman–Crippen LogP) is 7.07. The van der Waals surface area contributed by atoms with E-state index in [1.54, 1.807) is 72.8 Å². The maximum Gasteiger partial charge on any atom is 0.336 e. The molecule has 0 unspecified atom stereocenters. The van der Waals surface area contributed by atoms with E-state index in [1.807, 2.05) is 0 Å². The molecule has 0 aromatic heterocycles. The molecule has 0 heterocycles. The summed E-state index contributed by atoms with van der Waals surface area (Å²) in [5, 5.41) is 14.1. The fraction of sp³-hybridized carbons (Fsp3) is 0.0385. The predicted molar refractivity (Wildman–Crippen MR) is 137 cm³/mol. The fourth-order valence-electron chi connectivity index (χ4n) is 3.44. The zero-order chi connectivity index (χ0) is 24.2. The number of carboxylic acids is 1. The second kappa shape index (κ2) is 10.3. The minimum Gasteiger partial charge on any atom is -0.478 e. The second-order valence-corrected chi connectivity index (χ2v) is 9.20. The standard InChI is InChI=1S/C26H17Cl2NO4S/c27-21-12-7-16(13-22(21)28)23(30)14-34-18-10-8-17(9-11-18)29-25(31)19-5-1-3-15-4-2-6-20(24(15)19)26(32)33/h1-13H,14H2,(H,29,31)(H,32,33). The number of hydrogen-bond acceptors (Lipinski definition) is 4. The molecule has 5 nitrogen and oxygen atoms in total. The molecule has 0 fully saturated rings. The van der Waals surface area contributed by atoms with Crippen molar-refractivity contribution in [3.8, 4) is 0 Å². The lowest BCUT2D eigenvalue weighted by Crippen LogP contribution is -2.13. The van der Waals surface area contributed by atoms with E-state index in [9.17, 15) is 19.5 Å². The number of carboxylic acid groups (broad SMARTS) is 1. The van der Waals surface area contributed by atoms with Crippen molar-refractivity contribution in [2.75, 3.05) is 11.1 Å². The molecule has 0 saturated carbocycles. The molecule has 0 atom stereocenters. The van der Waals surface area contributed by atoms with Crippen LogP contribution in [0.3, 0.4) is 0 Å². The van der Waals surface area contributed by atoms with Crippen LogP contribution < -0.4 is 5.32 Å². The largest absolute Gasteiger partial charge is 0.478 e. The van der Waals surface area contributed by atoms with Crippen molar-refractivity contribution < 1.29 is 19.5 Å². The van der Waals surface area contributed by atoms with Gasteiger partial charge in [-0.05, 0) is 60.0 Å². The average Bonchev–Trinajstić information content (AvgIpc) is 2.84. The number of benzene rings is 4. The number of hydrogen-bond donors (Lipinski definition) is 2. The lowest BCUT2D eigenvalue weighted by Gasteiger charge is -2.11. The van der Waals surface area contributed by atoms with Crippen molar-refractivity contribution in [3.05, 3.63) is 106 Å². The first kappa shape index (κ1) is 23.8. The molecular weight excluding hydrogens is 493 g/mol. The number of carbonyl (C=O) groups is 3. The normalized spacial score (nSPS) is 10.8. The van der Waals surface area contributed by atoms with Crippen LogP contribution in [0.1, 0.15) is 31.1 Å². The van der Waals surface area contributed by atoms with E-state index in [0.29, 0.717) is 32.1 Å². The van der Waals surface area contributed by atoms with Gasteiger partial charge in [0.15, 0.2) is 5.78 Å². The Kier molecular flexibility index (Phi) is 7.22. The van der Waals surface area contributed by atoms with Gasteiger partial charge < -0.3 is 10.4 Å². The van der Waals surface area contributed by atoms with Crippen LogP contribution in [0.25, 0.3) is 10.8 Å². The Hall–Kier alpha value is -3.32. The molecule has 0 saturated heterocycles. The number of rotatable bonds is 7. The molecule has 8 heteroatoms. The highest BCUT2D eigenvalue weighted by Crippen LogP contribution is 2.27. The number of ketones is 1. The lowest BCUT2D eigenvalue weighted by atomic mass is 9.98. The number of halogens is 2. The van der Waals surface area contributed by atoms with Crippen LogP contribution in [-0.2, 0) is 0 Å². The van der Waals surface area contributed by atoms with E-state index >= 15 is 0 Å². The van der Waals surface area contributed by atoms with Crippen LogP contribution in [0.4, 0.5) is 5.69 Å². The summed E-state index contributed by atoms with van der Waals surface area (Å²) in [5.74, 6) is -1.36. The summed E-state index contributed by atoms with van der Waals surface area (Å²) in [6, 6.07) is 21.8. The highest BCUT2D eigenvalue weighted by atomic mass is 35.5. The van der Waals surface area contributed by atoms with Crippen LogP contribution in [0.15, 0.2) is 83.8 Å². The molecule has 2 N–H and O–H groups in total. The summed E-state index contributed by atoms with van der Waals surface area (Å²) < 4.78 is 0. The van der Waals surface area contributed by atoms with Gasteiger partial charge in [-0.3, -0.25) is 9.59 Å². The van der Waals surface area contributed by atoms with Gasteiger partial charge in [0.25, 0.3) is 5.91 Å². The molecular formula is C26H17Cl2NO4S. The number of anilines is 1. The van der Waals surface area contributed by atoms with Crippen LogP contribution >= 0.6 is 35.0 Å². The number of Topliss-reactive ketones (excluding diaryl/α,β-unsaturated/α-hetero) is 1. The van der Waals surface area contributed by atoms with E-state index in [1.165, 1.54) is 17.8 Å². The summed E-state index contributed by atoms with van der Waals surface area (Å²) in [6.07, 6.45) is 0. The van der Waals surface area contributed by atoms with Crippen molar-refractivity contribution in [2.24, 2.45) is 0 Å². The maximum atomic E-state index is 12.9. The molecule has 170 valence electrons. The smallest absolute Gasteiger partial charge is 0.336 e. The van der Waals surface area contributed by atoms with E-state index in [-0.39, 0.29) is 22.7 Å². The number of fused-ring (bicyclic) bond motifs is 1. The Morgan fingerprint density at radius 1 is 0.824 bits per heavy atom. The summed E-state index contributed by atoms with van der Waals surface area (Å²) in [7, 11) is 0. The zero-order valence-electron chi connectivity index (χ0n) is 17.5. The van der Waals surface area contributed by atoms with Crippen molar-refractivity contribution in [1.29, 1.82) is 0 Å². The zero-order valence-corrected chi connectivity index (χ0v) is 19.9. The van der Waals surface area contributed by atoms with Gasteiger partial charge in [0.2, 0.25) is 0 Å². The van der Waals surface area contributed by atoms with Crippen molar-refractivity contribution in [1.82, 2.24) is 0 Å². The quantitative estimate of drug-likeness (QED) is 0.205. The van der Waals surface area contributed by atoms with Gasteiger partial charge in [-0.2, -0.15) is 0 Å².